The van der Waals surface area contributed by atoms with Gasteiger partial charge in [-0.05, 0) is 93.6 Å². The molecule has 0 unspecified atom stereocenters. The molecule has 3 aromatic carbocycles. The maximum atomic E-state index is 12.7. The van der Waals surface area contributed by atoms with E-state index in [0.717, 1.165) is 18.9 Å². The van der Waals surface area contributed by atoms with Crippen molar-refractivity contribution in [2.75, 3.05) is 6.61 Å². The summed E-state index contributed by atoms with van der Waals surface area (Å²) in [5, 5.41) is 22.1. The lowest BCUT2D eigenvalue weighted by atomic mass is 10.1. The monoisotopic (exact) mass is 782 g/mol. The van der Waals surface area contributed by atoms with Crippen LogP contribution in [-0.4, -0.2) is 33.6 Å². The molecule has 9 nitrogen and oxygen atoms in total. The molecule has 0 bridgehead atoms. The second-order valence-electron chi connectivity index (χ2n) is 8.17. The highest BCUT2D eigenvalue weighted by Gasteiger charge is 2.34. The number of benzene rings is 3. The van der Waals surface area contributed by atoms with Gasteiger partial charge in [0.25, 0.3) is 11.6 Å². The van der Waals surface area contributed by atoms with Crippen LogP contribution < -0.4 is 4.74 Å². The number of nitro benzene ring substituents is 1. The number of carbonyl (C=O) groups is 2. The molecule has 1 heterocycles. The summed E-state index contributed by atoms with van der Waals surface area (Å²) in [6.07, 6.45) is 1.68. The lowest BCUT2D eigenvalue weighted by Crippen LogP contribution is -2.14. The number of halogens is 2. The van der Waals surface area contributed by atoms with Crippen LogP contribution >= 0.6 is 56.9 Å². The summed E-state index contributed by atoms with van der Waals surface area (Å²) in [5.74, 6) is -1.03. The Bertz CT molecular complexity index is 1560. The predicted octanol–water partition coefficient (Wildman–Crippen LogP) is 7.08. The fourth-order valence-corrected chi connectivity index (χ4v) is 6.74. The van der Waals surface area contributed by atoms with Gasteiger partial charge in [-0.1, -0.05) is 42.1 Å². The summed E-state index contributed by atoms with van der Waals surface area (Å²) in [6, 6.07) is 18.3. The number of rotatable bonds is 8. The number of aliphatic imine (C=N–C) groups is 1. The number of aliphatic hydroxyl groups excluding tert-OH is 1. The highest BCUT2D eigenvalue weighted by molar-refractivity contribution is 14.1. The molecule has 0 atom stereocenters. The fraction of sp³-hybridized carbons (Fsp3) is 0.107. The van der Waals surface area contributed by atoms with Gasteiger partial charge in [0.1, 0.15) is 28.7 Å². The van der Waals surface area contributed by atoms with Crippen LogP contribution in [0.3, 0.4) is 0 Å². The average molecular weight is 782 g/mol. The normalized spacial score (nSPS) is 15.0. The first-order valence-electron chi connectivity index (χ1n) is 11.7. The number of hydrogen-bond acceptors (Lipinski definition) is 8. The molecule has 1 N–H and O–H groups in total. The second-order valence-corrected chi connectivity index (χ2v) is 11.5. The quantitative estimate of drug-likeness (QED) is 0.111. The van der Waals surface area contributed by atoms with Gasteiger partial charge < -0.3 is 14.6 Å². The van der Waals surface area contributed by atoms with Crippen LogP contribution in [0.4, 0.5) is 5.69 Å². The van der Waals surface area contributed by atoms with Crippen LogP contribution in [0, 0.1) is 17.3 Å². The molecule has 12 heteroatoms. The third-order valence-corrected chi connectivity index (χ3v) is 8.04. The van der Waals surface area contributed by atoms with Crippen LogP contribution in [-0.2, 0) is 16.1 Å². The van der Waals surface area contributed by atoms with E-state index in [4.69, 9.17) is 9.47 Å². The van der Waals surface area contributed by atoms with Crippen molar-refractivity contribution < 1.29 is 29.1 Å². The Balaban J connectivity index is 1.61. The van der Waals surface area contributed by atoms with Crippen LogP contribution in [0.2, 0.25) is 0 Å². The Hall–Kier alpha value is -3.24. The van der Waals surface area contributed by atoms with E-state index in [2.05, 4.69) is 50.2 Å². The lowest BCUT2D eigenvalue weighted by Gasteiger charge is -2.12. The lowest BCUT2D eigenvalue weighted by molar-refractivity contribution is -0.384. The average Bonchev–Trinajstić information content (AvgIpc) is 3.22. The van der Waals surface area contributed by atoms with E-state index in [-0.39, 0.29) is 35.3 Å². The molecule has 1 amide bonds. The molecule has 0 aromatic heterocycles. The summed E-state index contributed by atoms with van der Waals surface area (Å²) >= 11 is 5.25. The van der Waals surface area contributed by atoms with E-state index in [1.165, 1.54) is 12.1 Å². The third-order valence-electron chi connectivity index (χ3n) is 5.42. The number of esters is 1. The van der Waals surface area contributed by atoms with Crippen molar-refractivity contribution in [3.8, 4) is 5.75 Å². The summed E-state index contributed by atoms with van der Waals surface area (Å²) in [4.78, 5) is 40.4. The zero-order chi connectivity index (χ0) is 28.8. The van der Waals surface area contributed by atoms with Crippen LogP contribution in [0.5, 0.6) is 5.75 Å². The van der Waals surface area contributed by atoms with Gasteiger partial charge in [-0.15, -0.1) is 0 Å². The van der Waals surface area contributed by atoms with Gasteiger partial charge in [0.15, 0.2) is 0 Å². The first-order chi connectivity index (χ1) is 19.2. The predicted molar refractivity (Wildman–Crippen MR) is 169 cm³/mol. The van der Waals surface area contributed by atoms with Crippen molar-refractivity contribution in [3.63, 3.8) is 0 Å². The molecular weight excluding hydrogens is 762 g/mol. The van der Waals surface area contributed by atoms with E-state index in [1.807, 2.05) is 12.1 Å². The number of carbonyl (C=O) groups excluding carboxylic acids is 2. The van der Waals surface area contributed by atoms with E-state index in [9.17, 15) is 24.8 Å². The van der Waals surface area contributed by atoms with E-state index >= 15 is 0 Å². The largest absolute Gasteiger partial charge is 0.506 e. The minimum atomic E-state index is -0.774. The van der Waals surface area contributed by atoms with Gasteiger partial charge in [-0.3, -0.25) is 14.9 Å². The molecule has 0 spiro atoms. The number of ether oxygens (including phenoxy) is 2. The number of aliphatic hydroxyl groups is 1. The molecule has 0 saturated carbocycles. The van der Waals surface area contributed by atoms with Crippen LogP contribution in [0.15, 0.2) is 88.0 Å². The van der Waals surface area contributed by atoms with Gasteiger partial charge in [-0.25, -0.2) is 9.79 Å². The summed E-state index contributed by atoms with van der Waals surface area (Å²) in [7, 11) is 0. The van der Waals surface area contributed by atoms with E-state index < -0.39 is 16.8 Å². The molecule has 1 aliphatic rings. The number of nitrogens with zero attached hydrogens (tertiary/aromatic N) is 2. The maximum absolute atomic E-state index is 12.7. The number of thioether (sulfide) groups is 1. The number of non-ortho nitro benzene ring substituents is 1. The SMILES string of the molecule is CCOC(=O)C1=C(O)/C(=C/c2cc(I)c(OCc3cccc([N+](=O)[O-])c3)c(I)c2)SC1=NC(=O)c1ccccc1. The van der Waals surface area contributed by atoms with E-state index in [0.29, 0.717) is 27.3 Å². The number of amides is 1. The maximum Gasteiger partial charge on any atom is 0.344 e. The van der Waals surface area contributed by atoms with Gasteiger partial charge in [0.05, 0.1) is 23.6 Å². The van der Waals surface area contributed by atoms with Crippen molar-refractivity contribution in [2.45, 2.75) is 13.5 Å². The third kappa shape index (κ3) is 7.09. The van der Waals surface area contributed by atoms with Crippen molar-refractivity contribution in [1.29, 1.82) is 0 Å². The molecule has 0 fully saturated rings. The number of hydrogen-bond donors (Lipinski definition) is 1. The minimum Gasteiger partial charge on any atom is -0.506 e. The Kier molecular flexibility index (Phi) is 9.97. The first-order valence-corrected chi connectivity index (χ1v) is 14.7. The molecule has 3 aromatic rings. The Morgan fingerprint density at radius 3 is 2.42 bits per heavy atom. The molecule has 0 saturated heterocycles. The number of nitro groups is 1. The highest BCUT2D eigenvalue weighted by Crippen LogP contribution is 2.40. The topological polar surface area (TPSA) is 128 Å². The molecular formula is C28H20I2N2O7S. The molecule has 4 rings (SSSR count). The van der Waals surface area contributed by atoms with Gasteiger partial charge in [0.2, 0.25) is 0 Å². The van der Waals surface area contributed by atoms with Gasteiger partial charge in [0, 0.05) is 17.7 Å². The fourth-order valence-electron chi connectivity index (χ4n) is 3.60. The van der Waals surface area contributed by atoms with Crippen LogP contribution in [0.25, 0.3) is 6.08 Å². The molecule has 0 aliphatic carbocycles. The van der Waals surface area contributed by atoms with Gasteiger partial charge in [-0.2, -0.15) is 0 Å². The molecule has 1 aliphatic heterocycles. The summed E-state index contributed by atoms with van der Waals surface area (Å²) < 4.78 is 12.6. The summed E-state index contributed by atoms with van der Waals surface area (Å²) in [5.41, 5.74) is 1.55. The Morgan fingerprint density at radius 2 is 1.77 bits per heavy atom. The zero-order valence-electron chi connectivity index (χ0n) is 20.8. The van der Waals surface area contributed by atoms with Gasteiger partial charge >= 0.3 is 5.97 Å². The Morgan fingerprint density at radius 1 is 1.07 bits per heavy atom. The first kappa shape index (κ1) is 29.7. The highest BCUT2D eigenvalue weighted by atomic mass is 127. The second kappa shape index (κ2) is 13.4. The smallest absolute Gasteiger partial charge is 0.344 e. The zero-order valence-corrected chi connectivity index (χ0v) is 25.9. The standard InChI is InChI=1S/C28H20I2N2O7S/c1-2-38-28(35)23-24(33)22(40-27(23)31-26(34)18-8-4-3-5-9-18)14-17-12-20(29)25(21(30)13-17)39-15-16-7-6-10-19(11-16)32(36)37/h3-14,33H,2,15H2,1H3/b22-14-,31-27?. The van der Waals surface area contributed by atoms with Crippen molar-refractivity contribution in [2.24, 2.45) is 4.99 Å². The Labute approximate surface area is 260 Å². The summed E-state index contributed by atoms with van der Waals surface area (Å²) in [6.45, 7) is 1.88. The minimum absolute atomic E-state index is 0.00930. The molecule has 204 valence electrons. The van der Waals surface area contributed by atoms with Crippen molar-refractivity contribution >= 4 is 85.6 Å². The van der Waals surface area contributed by atoms with E-state index in [1.54, 1.807) is 55.5 Å². The van der Waals surface area contributed by atoms with Crippen molar-refractivity contribution in [1.82, 2.24) is 0 Å². The van der Waals surface area contributed by atoms with Crippen LogP contribution in [0.1, 0.15) is 28.4 Å². The molecule has 0 radical (unpaired) electrons. The molecule has 40 heavy (non-hydrogen) atoms. The van der Waals surface area contributed by atoms with Crippen molar-refractivity contribution in [3.05, 3.63) is 117 Å².